The molecule has 38 heavy (non-hydrogen) atoms. The summed E-state index contributed by atoms with van der Waals surface area (Å²) >= 11 is 0. The number of carboxylic acid groups (broad SMARTS) is 1. The minimum atomic E-state index is -1.27. The number of carbonyl (C=O) groups excluding carboxylic acids is 3. The number of ether oxygens (including phenoxy) is 3. The van der Waals surface area contributed by atoms with Crippen molar-refractivity contribution in [3.05, 3.63) is 71.8 Å². The van der Waals surface area contributed by atoms with Crippen LogP contribution in [-0.2, 0) is 32.2 Å². The fourth-order valence-corrected chi connectivity index (χ4v) is 4.94. The lowest BCUT2D eigenvalue weighted by Gasteiger charge is -2.30. The lowest BCUT2D eigenvalue weighted by Crippen LogP contribution is -2.60. The van der Waals surface area contributed by atoms with Crippen molar-refractivity contribution in [1.29, 1.82) is 0 Å². The highest BCUT2D eigenvalue weighted by atomic mass is 16.6. The van der Waals surface area contributed by atoms with E-state index in [1.165, 1.54) is 0 Å². The number of aliphatic hydroxyl groups is 1. The summed E-state index contributed by atoms with van der Waals surface area (Å²) in [4.78, 5) is 52.3. The van der Waals surface area contributed by atoms with E-state index < -0.39 is 53.0 Å². The fourth-order valence-electron chi connectivity index (χ4n) is 4.94. The first-order chi connectivity index (χ1) is 18.2. The lowest BCUT2D eigenvalue weighted by atomic mass is 10.2. The van der Waals surface area contributed by atoms with E-state index in [9.17, 15) is 29.4 Å². The molecule has 0 aliphatic carbocycles. The molecule has 202 valence electrons. The third kappa shape index (κ3) is 5.79. The molecule has 2 fully saturated rings. The van der Waals surface area contributed by atoms with Crippen molar-refractivity contribution < 1.29 is 48.1 Å². The number of carboxylic acids is 1. The molecular weight excluding hydrogens is 496 g/mol. The van der Waals surface area contributed by atoms with Crippen molar-refractivity contribution in [2.75, 3.05) is 13.1 Å². The number of benzene rings is 2. The van der Waals surface area contributed by atoms with Crippen molar-refractivity contribution in [1.82, 2.24) is 4.90 Å². The molecule has 0 bridgehead atoms. The minimum absolute atomic E-state index is 0.0460. The van der Waals surface area contributed by atoms with Crippen LogP contribution in [0.25, 0.3) is 0 Å². The van der Waals surface area contributed by atoms with Crippen LogP contribution in [0.4, 0.5) is 14.4 Å². The van der Waals surface area contributed by atoms with E-state index in [1.54, 1.807) is 55.5 Å². The van der Waals surface area contributed by atoms with Gasteiger partial charge in [-0.1, -0.05) is 60.7 Å². The van der Waals surface area contributed by atoms with Crippen molar-refractivity contribution in [2.24, 2.45) is 0 Å². The normalized spacial score (nSPS) is 26.5. The van der Waals surface area contributed by atoms with Gasteiger partial charge in [-0.25, -0.2) is 9.59 Å². The Morgan fingerprint density at radius 3 is 2.00 bits per heavy atom. The van der Waals surface area contributed by atoms with Crippen molar-refractivity contribution >= 4 is 24.2 Å². The van der Waals surface area contributed by atoms with E-state index in [-0.39, 0.29) is 39.1 Å². The summed E-state index contributed by atoms with van der Waals surface area (Å²) < 4.78 is 15.5. The molecule has 2 heterocycles. The molecule has 0 radical (unpaired) electrons. The van der Waals surface area contributed by atoms with Gasteiger partial charge in [-0.05, 0) is 18.1 Å². The summed E-state index contributed by atoms with van der Waals surface area (Å²) in [5.74, 6) is -1.27. The standard InChI is InChI=1S/C27H30N2O9/c1-18-12-21(30)15-29(18,26(34)37-17-20-10-6-3-7-11-20)27(35)38-22-13-23(24(31)32)28(14-22)25(33)36-16-19-8-4-2-5-9-19/h2-11,18,21-23,30H,12-17H2,1H3/p+1/t18-,21-,22+,23+,29-/m1/s1. The Balaban J connectivity index is 1.44. The van der Waals surface area contributed by atoms with Crippen LogP contribution in [0.1, 0.15) is 30.9 Å². The van der Waals surface area contributed by atoms with Crippen LogP contribution in [-0.4, -0.2) is 81.2 Å². The molecule has 2 aliphatic rings. The topological polar surface area (TPSA) is 140 Å². The Morgan fingerprint density at radius 1 is 0.895 bits per heavy atom. The summed E-state index contributed by atoms with van der Waals surface area (Å²) in [6, 6.07) is 16.0. The summed E-state index contributed by atoms with van der Waals surface area (Å²) in [7, 11) is 0. The van der Waals surface area contributed by atoms with E-state index in [2.05, 4.69) is 0 Å². The van der Waals surface area contributed by atoms with E-state index in [4.69, 9.17) is 14.2 Å². The van der Waals surface area contributed by atoms with Crippen LogP contribution in [0.5, 0.6) is 0 Å². The van der Waals surface area contributed by atoms with Gasteiger partial charge >= 0.3 is 24.2 Å². The second kappa shape index (κ2) is 11.6. The average molecular weight is 528 g/mol. The highest BCUT2D eigenvalue weighted by Crippen LogP contribution is 2.32. The molecule has 4 rings (SSSR count). The summed E-state index contributed by atoms with van der Waals surface area (Å²) in [6.45, 7) is 1.08. The third-order valence-electron chi connectivity index (χ3n) is 6.98. The molecule has 0 spiro atoms. The molecule has 2 N–H and O–H groups in total. The fraction of sp³-hybridized carbons (Fsp3) is 0.407. The van der Waals surface area contributed by atoms with Gasteiger partial charge in [0.2, 0.25) is 0 Å². The summed E-state index contributed by atoms with van der Waals surface area (Å²) in [6.07, 6.45) is -4.59. The van der Waals surface area contributed by atoms with Crippen molar-refractivity contribution in [2.45, 2.75) is 57.3 Å². The quantitative estimate of drug-likeness (QED) is 0.428. The molecule has 2 aromatic carbocycles. The van der Waals surface area contributed by atoms with Gasteiger partial charge in [0.15, 0.2) is 0 Å². The van der Waals surface area contributed by atoms with E-state index in [0.717, 1.165) is 16.0 Å². The van der Waals surface area contributed by atoms with Gasteiger partial charge in [-0.3, -0.25) is 4.90 Å². The number of hydrogen-bond donors (Lipinski definition) is 2. The SMILES string of the molecule is C[C@@H]1C[C@@H](O)C[N@@+]1(C(=O)OCc1ccccc1)C(=O)O[C@H]1C[C@@H](C(=O)O)N(C(=O)OCc2ccccc2)C1. The minimum Gasteiger partial charge on any atom is -0.480 e. The van der Waals surface area contributed by atoms with Crippen LogP contribution < -0.4 is 0 Å². The molecule has 0 saturated carbocycles. The monoisotopic (exact) mass is 527 g/mol. The largest absolute Gasteiger partial charge is 0.527 e. The molecule has 11 heteroatoms. The van der Waals surface area contributed by atoms with E-state index in [1.807, 2.05) is 12.1 Å². The zero-order valence-electron chi connectivity index (χ0n) is 21.0. The average Bonchev–Trinajstić information content (AvgIpc) is 3.47. The predicted octanol–water partition coefficient (Wildman–Crippen LogP) is 3.29. The molecule has 3 amide bonds. The zero-order valence-corrected chi connectivity index (χ0v) is 21.0. The van der Waals surface area contributed by atoms with E-state index in [0.29, 0.717) is 0 Å². The van der Waals surface area contributed by atoms with Gasteiger partial charge in [-0.2, -0.15) is 9.59 Å². The zero-order chi connectivity index (χ0) is 27.3. The maximum atomic E-state index is 13.5. The number of rotatable bonds is 6. The van der Waals surface area contributed by atoms with Crippen LogP contribution in [0, 0.1) is 0 Å². The molecule has 11 nitrogen and oxygen atoms in total. The van der Waals surface area contributed by atoms with Gasteiger partial charge in [0, 0.05) is 12.8 Å². The maximum absolute atomic E-state index is 13.5. The highest BCUT2D eigenvalue weighted by Gasteiger charge is 2.60. The number of aliphatic carboxylic acids is 1. The Morgan fingerprint density at radius 2 is 1.47 bits per heavy atom. The number of quaternary nitrogens is 1. The molecule has 0 unspecified atom stereocenters. The number of amides is 3. The van der Waals surface area contributed by atoms with Gasteiger partial charge in [0.05, 0.1) is 6.54 Å². The number of aliphatic hydroxyl groups excluding tert-OH is 1. The molecule has 5 atom stereocenters. The number of nitrogens with zero attached hydrogens (tertiary/aromatic N) is 2. The summed E-state index contributed by atoms with van der Waals surface area (Å²) in [5, 5.41) is 20.0. The molecule has 2 aromatic rings. The molecule has 0 aromatic heterocycles. The predicted molar refractivity (Wildman–Crippen MR) is 131 cm³/mol. The number of imide groups is 1. The number of carbonyl (C=O) groups is 4. The van der Waals surface area contributed by atoms with Crippen LogP contribution in [0.3, 0.4) is 0 Å². The van der Waals surface area contributed by atoms with Crippen LogP contribution >= 0.6 is 0 Å². The van der Waals surface area contributed by atoms with Gasteiger partial charge in [-0.15, -0.1) is 4.48 Å². The summed E-state index contributed by atoms with van der Waals surface area (Å²) in [5.41, 5.74) is 1.46. The maximum Gasteiger partial charge on any atom is 0.527 e. The smallest absolute Gasteiger partial charge is 0.480 e. The highest BCUT2D eigenvalue weighted by molar-refractivity contribution is 5.81. The Bertz CT molecular complexity index is 1160. The first-order valence-corrected chi connectivity index (χ1v) is 12.4. The number of hydrogen-bond acceptors (Lipinski definition) is 8. The van der Waals surface area contributed by atoms with Crippen LogP contribution in [0.15, 0.2) is 60.7 Å². The first-order valence-electron chi connectivity index (χ1n) is 12.4. The number of likely N-dealkylation sites (tertiary alicyclic amines) is 2. The van der Waals surface area contributed by atoms with Gasteiger partial charge in [0.25, 0.3) is 0 Å². The third-order valence-corrected chi connectivity index (χ3v) is 6.98. The molecule has 2 aliphatic heterocycles. The lowest BCUT2D eigenvalue weighted by molar-refractivity contribution is -0.798. The van der Waals surface area contributed by atoms with Gasteiger partial charge < -0.3 is 24.4 Å². The van der Waals surface area contributed by atoms with Crippen LogP contribution in [0.2, 0.25) is 0 Å². The Kier molecular flexibility index (Phi) is 8.28. The second-order valence-electron chi connectivity index (χ2n) is 9.62. The van der Waals surface area contributed by atoms with E-state index >= 15 is 0 Å². The molecule has 2 saturated heterocycles. The van der Waals surface area contributed by atoms with Gasteiger partial charge in [0.1, 0.15) is 44.1 Å². The molecular formula is C27H31N2O9+. The van der Waals surface area contributed by atoms with Crippen molar-refractivity contribution in [3.63, 3.8) is 0 Å². The van der Waals surface area contributed by atoms with Crippen molar-refractivity contribution in [3.8, 4) is 0 Å². The first kappa shape index (κ1) is 27.1. The Labute approximate surface area is 219 Å². The Hall–Kier alpha value is -3.96. The second-order valence-corrected chi connectivity index (χ2v) is 9.62.